The molecule has 0 saturated carbocycles. The van der Waals surface area contributed by atoms with Crippen LogP contribution in [0.2, 0.25) is 0 Å². The molecular formula is C62H59Cl8FeOOsP3. The number of carbonyl (C=O) groups is 1. The third-order valence-electron chi connectivity index (χ3n) is 10.8. The van der Waals surface area contributed by atoms with Gasteiger partial charge in [-0.15, -0.1) is 69.6 Å². The summed E-state index contributed by atoms with van der Waals surface area (Å²) in [4.78, 5) is 13.4. The molecule has 0 saturated heterocycles. The van der Waals surface area contributed by atoms with Gasteiger partial charge in [0.2, 0.25) is 0 Å². The maximum absolute atomic E-state index is 13.4. The van der Waals surface area contributed by atoms with Gasteiger partial charge in [-0.3, -0.25) is 6.58 Å². The van der Waals surface area contributed by atoms with Crippen LogP contribution in [0, 0.1) is 6.58 Å². The number of carbonyl (C=O) groups excluding carboxylic acids is 1. The van der Waals surface area contributed by atoms with Crippen molar-refractivity contribution >= 4 is 136 Å². The van der Waals surface area contributed by atoms with Crippen molar-refractivity contribution in [3.63, 3.8) is 0 Å². The summed E-state index contributed by atoms with van der Waals surface area (Å²) in [6.45, 7) is 6.80. The molecule has 0 amide bonds. The Kier molecular flexibility index (Phi) is 43.6. The van der Waals surface area contributed by atoms with Crippen molar-refractivity contribution in [3.8, 4) is 0 Å². The van der Waals surface area contributed by atoms with E-state index in [4.69, 9.17) is 76.2 Å². The zero-order chi connectivity index (χ0) is 51.5. The SMILES string of the molecule is ClCCl.ClCCl.ClCCl.[CH-]=C(C(=O)[c-]1cccc1)[P+](c1ccccc1)(c1ccccc1)c1ccccc1.[Cl-].[Cl-].[Fe+2].[Os+2].c1cc[cH-]c1.c1ccc(P(CCCCP(c2ccccc2)c2ccccc2)c2ccccc2)cc1. The first-order chi connectivity index (χ1) is 35.4. The van der Waals surface area contributed by atoms with E-state index in [0.29, 0.717) is 10.9 Å². The second-order valence-corrected chi connectivity index (χ2v) is 25.7. The Labute approximate surface area is 522 Å². The largest absolute Gasteiger partial charge is 2.00 e. The maximum Gasteiger partial charge on any atom is 2.00 e. The van der Waals surface area contributed by atoms with E-state index in [1.54, 1.807) is 0 Å². The number of ketones is 1. The molecule has 1 nitrogen and oxygen atoms in total. The average molecular weight is 1440 g/mol. The number of allylic oxidation sites excluding steroid dienone is 1. The van der Waals surface area contributed by atoms with Crippen LogP contribution in [0.15, 0.2) is 272 Å². The smallest absolute Gasteiger partial charge is 1.00 e. The van der Waals surface area contributed by atoms with Gasteiger partial charge in [0.05, 0.1) is 39.2 Å². The topological polar surface area (TPSA) is 17.1 Å². The van der Waals surface area contributed by atoms with Crippen LogP contribution in [0.4, 0.5) is 0 Å². The Balaban J connectivity index is 0.00000114. The molecule has 0 spiro atoms. The van der Waals surface area contributed by atoms with Crippen LogP contribution in [-0.4, -0.2) is 34.1 Å². The van der Waals surface area contributed by atoms with Crippen molar-refractivity contribution in [2.45, 2.75) is 12.8 Å². The molecule has 0 fully saturated rings. The third-order valence-corrected chi connectivity index (χ3v) is 20.1. The van der Waals surface area contributed by atoms with Gasteiger partial charge in [0.1, 0.15) is 0 Å². The Hall–Kier alpha value is -2.58. The molecule has 0 unspecified atom stereocenters. The summed E-state index contributed by atoms with van der Waals surface area (Å²) in [5.41, 5.74) is 0.629. The van der Waals surface area contributed by atoms with Crippen LogP contribution in [0.3, 0.4) is 0 Å². The summed E-state index contributed by atoms with van der Waals surface area (Å²) in [7, 11) is -3.06. The summed E-state index contributed by atoms with van der Waals surface area (Å²) in [5, 5.41) is 10.2. The molecule has 14 heteroatoms. The third kappa shape index (κ3) is 24.4. The molecule has 0 aliphatic carbocycles. The Morgan fingerprint density at radius 1 is 0.421 bits per heavy atom. The normalized spacial score (nSPS) is 9.74. The van der Waals surface area contributed by atoms with Gasteiger partial charge < -0.3 is 29.6 Å². The predicted molar refractivity (Wildman–Crippen MR) is 328 cm³/mol. The van der Waals surface area contributed by atoms with Crippen LogP contribution in [0.25, 0.3) is 0 Å². The Bertz CT molecular complexity index is 2440. The van der Waals surface area contributed by atoms with Gasteiger partial charge in [-0.05, 0) is 104 Å². The Morgan fingerprint density at radius 3 is 0.882 bits per heavy atom. The first-order valence-corrected chi connectivity index (χ1v) is 31.2. The van der Waals surface area contributed by atoms with Crippen LogP contribution >= 0.6 is 92.7 Å². The number of rotatable bonds is 15. The number of benzene rings is 7. The van der Waals surface area contributed by atoms with Crippen LogP contribution in [0.1, 0.15) is 23.2 Å². The molecule has 9 aromatic rings. The maximum atomic E-state index is 13.4. The minimum atomic E-state index is -2.50. The van der Waals surface area contributed by atoms with E-state index >= 15 is 0 Å². The molecule has 0 aromatic heterocycles. The van der Waals surface area contributed by atoms with Crippen molar-refractivity contribution in [3.05, 3.63) is 284 Å². The molecule has 0 bridgehead atoms. The summed E-state index contributed by atoms with van der Waals surface area (Å²) in [5.74, 6) is -0.102. The summed E-state index contributed by atoms with van der Waals surface area (Å²) < 4.78 is 0. The van der Waals surface area contributed by atoms with Crippen LogP contribution in [-0.2, 0) is 36.9 Å². The van der Waals surface area contributed by atoms with E-state index < -0.39 is 7.26 Å². The minimum absolute atomic E-state index is 0. The van der Waals surface area contributed by atoms with E-state index in [1.807, 2.05) is 109 Å². The zero-order valence-electron chi connectivity index (χ0n) is 41.4. The van der Waals surface area contributed by atoms with Crippen LogP contribution < -0.4 is 61.9 Å². The van der Waals surface area contributed by atoms with E-state index in [0.717, 1.165) is 15.9 Å². The first kappa shape index (κ1) is 73.4. The minimum Gasteiger partial charge on any atom is -1.00 e. The molecule has 9 aromatic carbocycles. The quantitative estimate of drug-likeness (QED) is 0.0190. The summed E-state index contributed by atoms with van der Waals surface area (Å²) in [6, 6.07) is 92.3. The molecule has 400 valence electrons. The molecule has 0 atom stereocenters. The number of hydrogen-bond donors (Lipinski definition) is 0. The number of Topliss-reactive ketones (excluding diaryl/α,β-unsaturated/α-hetero) is 1. The van der Waals surface area contributed by atoms with Gasteiger partial charge in [0, 0.05) is 0 Å². The van der Waals surface area contributed by atoms with Crippen LogP contribution in [0.5, 0.6) is 0 Å². The number of unbranched alkanes of at least 4 members (excludes halogenated alkanes) is 1. The fourth-order valence-electron chi connectivity index (χ4n) is 7.75. The Morgan fingerprint density at radius 2 is 0.658 bits per heavy atom. The monoisotopic (exact) mass is 1440 g/mol. The summed E-state index contributed by atoms with van der Waals surface area (Å²) in [6.07, 6.45) is 5.06. The molecule has 0 heterocycles. The van der Waals surface area contributed by atoms with Gasteiger partial charge in [0.25, 0.3) is 0 Å². The van der Waals surface area contributed by atoms with Crippen molar-refractivity contribution in [1.82, 2.24) is 0 Å². The van der Waals surface area contributed by atoms with Crippen molar-refractivity contribution in [1.29, 1.82) is 0 Å². The van der Waals surface area contributed by atoms with Gasteiger partial charge in [-0.25, -0.2) is 12.1 Å². The van der Waals surface area contributed by atoms with E-state index in [9.17, 15) is 4.79 Å². The number of hydrogen-bond acceptors (Lipinski definition) is 1. The van der Waals surface area contributed by atoms with E-state index in [1.165, 1.54) is 46.4 Å². The van der Waals surface area contributed by atoms with Crippen molar-refractivity contribution in [2.75, 3.05) is 28.3 Å². The van der Waals surface area contributed by atoms with Gasteiger partial charge in [-0.2, -0.15) is 48.0 Å². The van der Waals surface area contributed by atoms with Gasteiger partial charge in [-0.1, -0.05) is 181 Å². The molecule has 0 aliphatic heterocycles. The number of alkyl halides is 6. The molecule has 0 radical (unpaired) electrons. The van der Waals surface area contributed by atoms with Gasteiger partial charge >= 0.3 is 36.9 Å². The molecule has 9 rings (SSSR count). The second kappa shape index (κ2) is 45.2. The van der Waals surface area contributed by atoms with Gasteiger partial charge in [0.15, 0.2) is 0 Å². The summed E-state index contributed by atoms with van der Waals surface area (Å²) >= 11 is 28.6. The standard InChI is InChI=1S/C28H28P2.C26H20OP.C5H5.3CH2Cl2.2ClH.Fe.Os/c1-5-15-25(16-6-1)29(26-17-7-2-8-18-26)23-13-14-24-30(27-19-9-3-10-20-27)28-21-11-4-12-22-28;1-21(26(27)22-13-11-12-14-22)28(23-15-5-2-6-16-23,24-17-7-3-8-18-24)25-19-9-4-10-20-25;1-2-4-5-3-1;3*2-1-3;;;;/h1-12,15-22H,13-14,23-24H2;1-20H;1-5H;3*1H2;2*1H;;/q;2*-1;;;;;;2*+2/p-2. The number of halogens is 8. The molecule has 0 aliphatic rings. The first-order valence-electron chi connectivity index (χ1n) is 23.1. The molecular weight excluding hydrogens is 1380 g/mol. The van der Waals surface area contributed by atoms with Crippen molar-refractivity contribution < 1.29 is 66.5 Å². The average Bonchev–Trinajstić information content (AvgIpc) is 4.22. The van der Waals surface area contributed by atoms with E-state index in [2.05, 4.69) is 158 Å². The van der Waals surface area contributed by atoms with E-state index in [-0.39, 0.29) is 99.3 Å². The fourth-order valence-corrected chi connectivity index (χ4v) is 16.6. The zero-order valence-corrected chi connectivity index (χ0v) is 53.8. The fraction of sp³-hybridized carbons (Fsp3) is 0.113. The second-order valence-electron chi connectivity index (χ2n) is 15.2. The van der Waals surface area contributed by atoms with Crippen molar-refractivity contribution in [2.24, 2.45) is 0 Å². The molecule has 76 heavy (non-hydrogen) atoms. The molecule has 0 N–H and O–H groups in total. The predicted octanol–water partition coefficient (Wildman–Crippen LogP) is 10.6.